The highest BCUT2D eigenvalue weighted by atomic mass is 32.2. The highest BCUT2D eigenvalue weighted by Gasteiger charge is 2.42. The van der Waals surface area contributed by atoms with E-state index in [1.165, 1.54) is 0 Å². The fourth-order valence-electron chi connectivity index (χ4n) is 2.58. The maximum Gasteiger partial charge on any atom is 0.328 e. The fraction of sp³-hybridized carbons (Fsp3) is 0.500. The number of benzene rings is 1. The minimum Gasteiger partial charge on any atom is -0.598 e. The largest absolute Gasteiger partial charge is 0.598 e. The molecular formula is C18H23F2NO4S. The number of carbonyl (C=O) groups is 1. The van der Waals surface area contributed by atoms with Gasteiger partial charge in [0, 0.05) is 28.9 Å². The molecule has 1 N–H and O–H groups in total. The second kappa shape index (κ2) is 7.94. The van der Waals surface area contributed by atoms with Crippen LogP contribution in [0.1, 0.15) is 39.2 Å². The molecule has 144 valence electrons. The molecule has 8 heteroatoms. The molecule has 1 heterocycles. The van der Waals surface area contributed by atoms with Gasteiger partial charge in [-0.25, -0.2) is 8.78 Å². The van der Waals surface area contributed by atoms with Gasteiger partial charge < -0.3 is 14.0 Å². The maximum absolute atomic E-state index is 13.8. The van der Waals surface area contributed by atoms with Crippen molar-refractivity contribution < 1.29 is 27.6 Å². The Bertz CT molecular complexity index is 705. The minimum absolute atomic E-state index is 0.0302. The van der Waals surface area contributed by atoms with Crippen LogP contribution in [0.15, 0.2) is 24.3 Å². The van der Waals surface area contributed by atoms with Gasteiger partial charge in [0.25, 0.3) is 0 Å². The predicted molar refractivity (Wildman–Crippen MR) is 95.2 cm³/mol. The SMILES string of the molecule is C=C1COc2cc(F)c(F)cc2C1[C@H](N[S+]([O-])C(C)(C)C)C(=O)OCC. The van der Waals surface area contributed by atoms with E-state index in [-0.39, 0.29) is 24.5 Å². The summed E-state index contributed by atoms with van der Waals surface area (Å²) in [6.45, 7) is 10.9. The lowest BCUT2D eigenvalue weighted by molar-refractivity contribution is -0.145. The Morgan fingerprint density at radius 2 is 2.08 bits per heavy atom. The third-order valence-corrected chi connectivity index (χ3v) is 5.49. The lowest BCUT2D eigenvalue weighted by Crippen LogP contribution is -2.52. The van der Waals surface area contributed by atoms with Crippen molar-refractivity contribution in [3.8, 4) is 5.75 Å². The first-order chi connectivity index (χ1) is 12.1. The van der Waals surface area contributed by atoms with E-state index in [2.05, 4.69) is 11.3 Å². The Hall–Kier alpha value is -1.64. The summed E-state index contributed by atoms with van der Waals surface area (Å²) in [6, 6.07) is 0.843. The molecule has 26 heavy (non-hydrogen) atoms. The van der Waals surface area contributed by atoms with E-state index >= 15 is 0 Å². The van der Waals surface area contributed by atoms with E-state index in [1.807, 2.05) is 0 Å². The predicted octanol–water partition coefficient (Wildman–Crippen LogP) is 2.98. The van der Waals surface area contributed by atoms with Gasteiger partial charge in [0.05, 0.1) is 6.61 Å². The number of hydrogen-bond donors (Lipinski definition) is 1. The van der Waals surface area contributed by atoms with Crippen LogP contribution in [0.4, 0.5) is 8.78 Å². The fourth-order valence-corrected chi connectivity index (χ4v) is 3.40. The van der Waals surface area contributed by atoms with Crippen LogP contribution in [0.3, 0.4) is 0 Å². The maximum atomic E-state index is 13.8. The molecule has 0 fully saturated rings. The molecule has 3 atom stereocenters. The van der Waals surface area contributed by atoms with Crippen molar-refractivity contribution >= 4 is 17.3 Å². The zero-order valence-electron chi connectivity index (χ0n) is 15.2. The van der Waals surface area contributed by atoms with Crippen LogP contribution in [0, 0.1) is 11.6 Å². The van der Waals surface area contributed by atoms with E-state index in [0.29, 0.717) is 5.57 Å². The molecule has 1 aromatic carbocycles. The Morgan fingerprint density at radius 1 is 1.46 bits per heavy atom. The van der Waals surface area contributed by atoms with Crippen LogP contribution in [0.2, 0.25) is 0 Å². The molecule has 0 aliphatic carbocycles. The van der Waals surface area contributed by atoms with Crippen LogP contribution >= 0.6 is 0 Å². The number of fused-ring (bicyclic) bond motifs is 1. The lowest BCUT2D eigenvalue weighted by Gasteiger charge is -2.35. The third-order valence-electron chi connectivity index (χ3n) is 3.90. The summed E-state index contributed by atoms with van der Waals surface area (Å²) < 4.78 is 52.6. The van der Waals surface area contributed by atoms with Crippen molar-refractivity contribution in [2.45, 2.75) is 44.4 Å². The smallest absolute Gasteiger partial charge is 0.328 e. The van der Waals surface area contributed by atoms with Crippen molar-refractivity contribution in [2.75, 3.05) is 13.2 Å². The number of carbonyl (C=O) groups excluding carboxylic acids is 1. The first kappa shape index (κ1) is 20.7. The van der Waals surface area contributed by atoms with Gasteiger partial charge in [0.1, 0.15) is 17.1 Å². The number of rotatable bonds is 5. The molecule has 1 aliphatic rings. The Morgan fingerprint density at radius 3 is 2.65 bits per heavy atom. The van der Waals surface area contributed by atoms with Gasteiger partial charge in [-0.1, -0.05) is 6.58 Å². The number of ether oxygens (including phenoxy) is 2. The molecule has 5 nitrogen and oxygen atoms in total. The Balaban J connectivity index is 2.48. The minimum atomic E-state index is -1.60. The normalized spacial score (nSPS) is 19.3. The van der Waals surface area contributed by atoms with Crippen LogP contribution < -0.4 is 9.46 Å². The van der Waals surface area contributed by atoms with Crippen molar-refractivity contribution in [1.29, 1.82) is 0 Å². The van der Waals surface area contributed by atoms with E-state index in [9.17, 15) is 18.1 Å². The molecule has 2 unspecified atom stereocenters. The van der Waals surface area contributed by atoms with Crippen LogP contribution in [0.5, 0.6) is 5.75 Å². The molecule has 0 bridgehead atoms. The number of nitrogens with one attached hydrogen (secondary N) is 1. The molecule has 0 saturated heterocycles. The van der Waals surface area contributed by atoms with Crippen LogP contribution in [0.25, 0.3) is 0 Å². The van der Waals surface area contributed by atoms with Crippen molar-refractivity contribution in [2.24, 2.45) is 0 Å². The van der Waals surface area contributed by atoms with Gasteiger partial charge >= 0.3 is 5.97 Å². The van der Waals surface area contributed by atoms with E-state index < -0.39 is 45.7 Å². The van der Waals surface area contributed by atoms with Gasteiger partial charge in [0.15, 0.2) is 17.7 Å². The van der Waals surface area contributed by atoms with Gasteiger partial charge in [-0.05, 0) is 39.3 Å². The molecule has 1 aliphatic heterocycles. The first-order valence-corrected chi connectivity index (χ1v) is 9.35. The number of hydrogen-bond acceptors (Lipinski definition) is 5. The topological polar surface area (TPSA) is 70.6 Å². The second-order valence-corrected chi connectivity index (χ2v) is 8.96. The Labute approximate surface area is 155 Å². The van der Waals surface area contributed by atoms with Crippen molar-refractivity contribution in [1.82, 2.24) is 4.72 Å². The number of halogens is 2. The van der Waals surface area contributed by atoms with E-state index in [4.69, 9.17) is 9.47 Å². The summed E-state index contributed by atoms with van der Waals surface area (Å²) in [5.41, 5.74) is 0.733. The summed E-state index contributed by atoms with van der Waals surface area (Å²) >= 11 is -1.60. The monoisotopic (exact) mass is 387 g/mol. The zero-order chi connectivity index (χ0) is 19.6. The average molecular weight is 387 g/mol. The van der Waals surface area contributed by atoms with Gasteiger partial charge in [0.2, 0.25) is 0 Å². The van der Waals surface area contributed by atoms with Crippen LogP contribution in [-0.4, -0.2) is 34.5 Å². The van der Waals surface area contributed by atoms with E-state index in [0.717, 1.165) is 12.1 Å². The van der Waals surface area contributed by atoms with Crippen LogP contribution in [-0.2, 0) is 20.9 Å². The molecule has 0 amide bonds. The highest BCUT2D eigenvalue weighted by Crippen LogP contribution is 2.40. The molecule has 0 aromatic heterocycles. The zero-order valence-corrected chi connectivity index (χ0v) is 16.0. The molecular weight excluding hydrogens is 364 g/mol. The third kappa shape index (κ3) is 4.36. The van der Waals surface area contributed by atoms with E-state index in [1.54, 1.807) is 27.7 Å². The molecule has 0 spiro atoms. The molecule has 2 rings (SSSR count). The summed E-state index contributed by atoms with van der Waals surface area (Å²) in [5, 5.41) is 0. The standard InChI is InChI=1S/C18H23F2NO4S/c1-6-24-17(22)16(21-26(23)18(3,4)5)15-10(2)9-25-14-8-13(20)12(19)7-11(14)15/h7-8,15-16,21H,2,6,9H2,1,3-5H3/t15?,16-,26?/m0/s1. The average Bonchev–Trinajstić information content (AvgIpc) is 2.54. The molecule has 0 saturated carbocycles. The number of esters is 1. The lowest BCUT2D eigenvalue weighted by atomic mass is 9.84. The second-order valence-electron chi connectivity index (χ2n) is 6.96. The highest BCUT2D eigenvalue weighted by molar-refractivity contribution is 7.90. The summed E-state index contributed by atoms with van der Waals surface area (Å²) in [7, 11) is 0. The molecule has 0 radical (unpaired) electrons. The quantitative estimate of drug-likeness (QED) is 0.478. The summed E-state index contributed by atoms with van der Waals surface area (Å²) in [6.07, 6.45) is 0. The first-order valence-electron chi connectivity index (χ1n) is 8.20. The summed E-state index contributed by atoms with van der Waals surface area (Å²) in [4.78, 5) is 12.5. The van der Waals surface area contributed by atoms with Crippen molar-refractivity contribution in [3.05, 3.63) is 41.5 Å². The molecule has 1 aromatic rings. The summed E-state index contributed by atoms with van der Waals surface area (Å²) in [5.74, 6) is -3.40. The van der Waals surface area contributed by atoms with Gasteiger partial charge in [-0.15, -0.1) is 4.72 Å². The van der Waals surface area contributed by atoms with Crippen molar-refractivity contribution in [3.63, 3.8) is 0 Å². The Kier molecular flexibility index (Phi) is 6.31. The van der Waals surface area contributed by atoms with Gasteiger partial charge in [-0.3, -0.25) is 4.79 Å². The van der Waals surface area contributed by atoms with Gasteiger partial charge in [-0.2, -0.15) is 0 Å².